The lowest BCUT2D eigenvalue weighted by atomic mass is 10.2. The first kappa shape index (κ1) is 12.2. The van der Waals surface area contributed by atoms with Crippen LogP contribution >= 0.6 is 11.6 Å². The van der Waals surface area contributed by atoms with Gasteiger partial charge in [-0.3, -0.25) is 0 Å². The summed E-state index contributed by atoms with van der Waals surface area (Å²) in [6.45, 7) is 3.98. The van der Waals surface area contributed by atoms with Crippen molar-refractivity contribution < 1.29 is 4.79 Å². The van der Waals surface area contributed by atoms with Crippen molar-refractivity contribution in [3.8, 4) is 0 Å². The molecule has 1 aromatic carbocycles. The first-order valence-electron chi connectivity index (χ1n) is 5.90. The van der Waals surface area contributed by atoms with Gasteiger partial charge in [-0.25, -0.2) is 4.79 Å². The van der Waals surface area contributed by atoms with Crippen molar-refractivity contribution in [3.63, 3.8) is 0 Å². The number of aryl methyl sites for hydroxylation is 1. The predicted molar refractivity (Wildman–Crippen MR) is 70.5 cm³/mol. The van der Waals surface area contributed by atoms with Crippen LogP contribution in [-0.4, -0.2) is 12.1 Å². The molecule has 0 aliphatic heterocycles. The van der Waals surface area contributed by atoms with Gasteiger partial charge in [0, 0.05) is 16.8 Å². The van der Waals surface area contributed by atoms with Crippen LogP contribution in [0.3, 0.4) is 0 Å². The smallest absolute Gasteiger partial charge is 0.319 e. The molecule has 0 bridgehead atoms. The van der Waals surface area contributed by atoms with Crippen molar-refractivity contribution in [3.05, 3.63) is 28.8 Å². The van der Waals surface area contributed by atoms with Crippen LogP contribution in [0.15, 0.2) is 18.2 Å². The molecule has 2 N–H and O–H groups in total. The fraction of sp³-hybridized carbons (Fsp3) is 0.462. The van der Waals surface area contributed by atoms with Gasteiger partial charge in [0.05, 0.1) is 0 Å². The molecule has 4 heteroatoms. The van der Waals surface area contributed by atoms with Crippen molar-refractivity contribution in [2.75, 3.05) is 5.32 Å². The van der Waals surface area contributed by atoms with E-state index in [9.17, 15) is 4.79 Å². The van der Waals surface area contributed by atoms with Gasteiger partial charge in [-0.1, -0.05) is 17.7 Å². The fourth-order valence-electron chi connectivity index (χ4n) is 1.81. The highest BCUT2D eigenvalue weighted by Crippen LogP contribution is 2.32. The summed E-state index contributed by atoms with van der Waals surface area (Å²) in [5, 5.41) is 6.40. The van der Waals surface area contributed by atoms with E-state index in [0.29, 0.717) is 10.9 Å². The number of hydrogen-bond donors (Lipinski definition) is 2. The molecule has 1 aliphatic rings. The average molecular weight is 253 g/mol. The molecule has 17 heavy (non-hydrogen) atoms. The fourth-order valence-corrected chi connectivity index (χ4v) is 1.98. The van der Waals surface area contributed by atoms with Gasteiger partial charge in [0.2, 0.25) is 0 Å². The second kappa shape index (κ2) is 4.96. The summed E-state index contributed by atoms with van der Waals surface area (Å²) in [6, 6.07) is 5.55. The van der Waals surface area contributed by atoms with E-state index < -0.39 is 0 Å². The molecular weight excluding hydrogens is 236 g/mol. The number of benzene rings is 1. The van der Waals surface area contributed by atoms with Crippen molar-refractivity contribution in [2.24, 2.45) is 5.92 Å². The molecule has 1 unspecified atom stereocenters. The van der Waals surface area contributed by atoms with Crippen LogP contribution in [0.4, 0.5) is 10.5 Å². The minimum atomic E-state index is -0.158. The number of halogens is 1. The van der Waals surface area contributed by atoms with Crippen LogP contribution in [0.2, 0.25) is 5.02 Å². The second-order valence-electron chi connectivity index (χ2n) is 4.68. The highest BCUT2D eigenvalue weighted by atomic mass is 35.5. The minimum absolute atomic E-state index is 0.158. The highest BCUT2D eigenvalue weighted by molar-refractivity contribution is 6.31. The van der Waals surface area contributed by atoms with Crippen molar-refractivity contribution in [1.82, 2.24) is 5.32 Å². The normalized spacial score (nSPS) is 16.4. The largest absolute Gasteiger partial charge is 0.335 e. The Bertz CT molecular complexity index is 429. The maximum atomic E-state index is 11.8. The minimum Gasteiger partial charge on any atom is -0.335 e. The molecule has 0 spiro atoms. The number of anilines is 1. The maximum Gasteiger partial charge on any atom is 0.319 e. The molecule has 0 radical (unpaired) electrons. The Morgan fingerprint density at radius 3 is 2.82 bits per heavy atom. The van der Waals surface area contributed by atoms with Crippen LogP contribution in [0, 0.1) is 12.8 Å². The van der Waals surface area contributed by atoms with Gasteiger partial charge in [-0.15, -0.1) is 0 Å². The summed E-state index contributed by atoms with van der Waals surface area (Å²) in [5.74, 6) is 0.654. The Labute approximate surface area is 107 Å². The molecule has 0 saturated heterocycles. The third-order valence-electron chi connectivity index (χ3n) is 3.14. The molecule has 1 aromatic rings. The van der Waals surface area contributed by atoms with Crippen LogP contribution in [0.1, 0.15) is 25.3 Å². The second-order valence-corrected chi connectivity index (χ2v) is 5.12. The first-order chi connectivity index (χ1) is 8.06. The van der Waals surface area contributed by atoms with Crippen LogP contribution in [0.5, 0.6) is 0 Å². The highest BCUT2D eigenvalue weighted by Gasteiger charge is 2.28. The lowest BCUT2D eigenvalue weighted by Gasteiger charge is -2.14. The number of rotatable bonds is 3. The summed E-state index contributed by atoms with van der Waals surface area (Å²) in [5.41, 5.74) is 1.77. The summed E-state index contributed by atoms with van der Waals surface area (Å²) >= 11 is 5.89. The first-order valence-corrected chi connectivity index (χ1v) is 6.27. The number of carbonyl (C=O) groups excluding carboxylic acids is 1. The number of amides is 2. The molecule has 0 aromatic heterocycles. The average Bonchev–Trinajstić information content (AvgIpc) is 3.06. The molecule has 2 amide bonds. The lowest BCUT2D eigenvalue weighted by Crippen LogP contribution is -2.37. The Morgan fingerprint density at radius 1 is 1.47 bits per heavy atom. The molecular formula is C13H17ClN2O. The van der Waals surface area contributed by atoms with Gasteiger partial charge in [0.15, 0.2) is 0 Å². The van der Waals surface area contributed by atoms with E-state index in [0.717, 1.165) is 11.3 Å². The summed E-state index contributed by atoms with van der Waals surface area (Å²) in [4.78, 5) is 11.8. The molecule has 1 atom stereocenters. The lowest BCUT2D eigenvalue weighted by molar-refractivity contribution is 0.248. The Hall–Kier alpha value is -1.22. The number of carbonyl (C=O) groups is 1. The van der Waals surface area contributed by atoms with E-state index >= 15 is 0 Å². The molecule has 1 saturated carbocycles. The van der Waals surface area contributed by atoms with Crippen LogP contribution in [0.25, 0.3) is 0 Å². The summed E-state index contributed by atoms with van der Waals surface area (Å²) in [6.07, 6.45) is 2.44. The van der Waals surface area contributed by atoms with Gasteiger partial charge >= 0.3 is 6.03 Å². The van der Waals surface area contributed by atoms with Gasteiger partial charge < -0.3 is 10.6 Å². The van der Waals surface area contributed by atoms with E-state index in [1.165, 1.54) is 12.8 Å². The van der Waals surface area contributed by atoms with E-state index in [1.807, 2.05) is 26.0 Å². The summed E-state index contributed by atoms with van der Waals surface area (Å²) in [7, 11) is 0. The van der Waals surface area contributed by atoms with E-state index in [4.69, 9.17) is 11.6 Å². The van der Waals surface area contributed by atoms with Gasteiger partial charge in [0.25, 0.3) is 0 Å². The Kier molecular flexibility index (Phi) is 3.57. The van der Waals surface area contributed by atoms with E-state index in [-0.39, 0.29) is 12.1 Å². The zero-order valence-corrected chi connectivity index (χ0v) is 10.8. The van der Waals surface area contributed by atoms with Crippen molar-refractivity contribution >= 4 is 23.3 Å². The van der Waals surface area contributed by atoms with Gasteiger partial charge in [-0.2, -0.15) is 0 Å². The molecule has 1 fully saturated rings. The zero-order chi connectivity index (χ0) is 12.4. The molecule has 0 heterocycles. The quantitative estimate of drug-likeness (QED) is 0.848. The van der Waals surface area contributed by atoms with Crippen LogP contribution in [-0.2, 0) is 0 Å². The van der Waals surface area contributed by atoms with Gasteiger partial charge in [-0.05, 0) is 50.3 Å². The summed E-state index contributed by atoms with van der Waals surface area (Å²) < 4.78 is 0. The number of urea groups is 1. The Morgan fingerprint density at radius 2 is 2.18 bits per heavy atom. The number of hydrogen-bond acceptors (Lipinski definition) is 1. The van der Waals surface area contributed by atoms with Crippen molar-refractivity contribution in [1.29, 1.82) is 0 Å². The SMILES string of the molecule is Cc1ccc(Cl)cc1NC(=O)NC(C)C1CC1. The predicted octanol–water partition coefficient (Wildman–Crippen LogP) is 3.57. The molecule has 2 rings (SSSR count). The van der Waals surface area contributed by atoms with Crippen molar-refractivity contribution in [2.45, 2.75) is 32.7 Å². The third kappa shape index (κ3) is 3.37. The van der Waals surface area contributed by atoms with Gasteiger partial charge in [0.1, 0.15) is 0 Å². The standard InChI is InChI=1S/C13H17ClN2O/c1-8-3-6-11(14)7-12(8)16-13(17)15-9(2)10-4-5-10/h3,6-7,9-10H,4-5H2,1-2H3,(H2,15,16,17). The molecule has 1 aliphatic carbocycles. The third-order valence-corrected chi connectivity index (χ3v) is 3.37. The molecule has 3 nitrogen and oxygen atoms in total. The van der Waals surface area contributed by atoms with E-state index in [2.05, 4.69) is 10.6 Å². The maximum absolute atomic E-state index is 11.8. The monoisotopic (exact) mass is 252 g/mol. The molecule has 92 valence electrons. The van der Waals surface area contributed by atoms with Crippen LogP contribution < -0.4 is 10.6 Å². The van der Waals surface area contributed by atoms with E-state index in [1.54, 1.807) is 6.07 Å². The Balaban J connectivity index is 1.94. The zero-order valence-electron chi connectivity index (χ0n) is 10.1. The number of nitrogens with one attached hydrogen (secondary N) is 2. The topological polar surface area (TPSA) is 41.1 Å².